The molecule has 1 aliphatic rings. The van der Waals surface area contributed by atoms with Crippen molar-refractivity contribution in [1.82, 2.24) is 9.97 Å². The lowest BCUT2D eigenvalue weighted by Crippen LogP contribution is -2.06. The molecule has 7 rings (SSSR count). The number of aromatic nitrogens is 2. The second kappa shape index (κ2) is 13.2. The van der Waals surface area contributed by atoms with Gasteiger partial charge in [-0.25, -0.2) is 0 Å². The van der Waals surface area contributed by atoms with E-state index < -0.39 is 0 Å². The fraction of sp³-hybridized carbons (Fsp3) is 0.150. The first-order valence-electron chi connectivity index (χ1n) is 15.5. The molecule has 0 spiro atoms. The number of rotatable bonds is 6. The average molecular weight is 607 g/mol. The van der Waals surface area contributed by atoms with Gasteiger partial charge < -0.3 is 19.7 Å². The molecule has 228 valence electrons. The quantitative estimate of drug-likeness (QED) is 0.202. The number of benzene rings is 4. The minimum Gasteiger partial charge on any atom is -0.507 e. The van der Waals surface area contributed by atoms with Crippen molar-refractivity contribution in [2.75, 3.05) is 0 Å². The standard InChI is InChI=1S/C40H34N2O4/c43-37-29-9-1-10-30(37)20-34-14-4-16-36(40(34)46-26-28-8-6-18-42-24-28)22-32-12-2-11-31(38(32)44)21-35-15-3-13-33(19-29)39(35)45-25-27-7-5-17-41-23-27/h1-18,23-24,43-44H,19-22,25-26H2. The zero-order chi connectivity index (χ0) is 31.3. The average Bonchev–Trinajstić information content (AvgIpc) is 3.08. The van der Waals surface area contributed by atoms with E-state index in [0.29, 0.717) is 38.9 Å². The van der Waals surface area contributed by atoms with E-state index in [1.165, 1.54) is 0 Å². The van der Waals surface area contributed by atoms with Crippen molar-refractivity contribution < 1.29 is 19.7 Å². The lowest BCUT2D eigenvalue weighted by Gasteiger charge is -2.20. The van der Waals surface area contributed by atoms with Crippen LogP contribution < -0.4 is 9.47 Å². The summed E-state index contributed by atoms with van der Waals surface area (Å²) in [5.74, 6) is 2.04. The molecule has 0 unspecified atom stereocenters. The highest BCUT2D eigenvalue weighted by Crippen LogP contribution is 2.38. The van der Waals surface area contributed by atoms with E-state index in [2.05, 4.69) is 9.97 Å². The SMILES string of the molecule is Oc1c2cccc1Cc1cccc(c1OCc1cccnc1)Cc1cccc(c1O)Cc1cccc(c1OCc1cccnc1)C2. The molecule has 1 aliphatic carbocycles. The fourth-order valence-electron chi connectivity index (χ4n) is 6.16. The van der Waals surface area contributed by atoms with Gasteiger partial charge in [0.2, 0.25) is 0 Å². The topological polar surface area (TPSA) is 84.7 Å². The van der Waals surface area contributed by atoms with E-state index in [4.69, 9.17) is 9.47 Å². The first kappa shape index (κ1) is 29.1. The van der Waals surface area contributed by atoms with Crippen LogP contribution in [0.1, 0.15) is 55.6 Å². The Morgan fingerprint density at radius 3 is 1.07 bits per heavy atom. The number of pyridine rings is 2. The van der Waals surface area contributed by atoms with Gasteiger partial charge in [0.1, 0.15) is 36.2 Å². The lowest BCUT2D eigenvalue weighted by atomic mass is 9.91. The molecular formula is C40H34N2O4. The molecule has 0 fully saturated rings. The van der Waals surface area contributed by atoms with Crippen molar-refractivity contribution >= 4 is 0 Å². The first-order valence-corrected chi connectivity index (χ1v) is 15.5. The third-order valence-electron chi connectivity index (χ3n) is 8.50. The Labute approximate surface area is 268 Å². The Morgan fingerprint density at radius 1 is 0.435 bits per heavy atom. The van der Waals surface area contributed by atoms with E-state index >= 15 is 0 Å². The smallest absolute Gasteiger partial charge is 0.126 e. The van der Waals surface area contributed by atoms with Crippen LogP contribution in [-0.2, 0) is 38.9 Å². The number of ether oxygens (including phenoxy) is 2. The molecule has 0 saturated heterocycles. The first-order chi connectivity index (χ1) is 22.6. The molecule has 0 radical (unpaired) electrons. The van der Waals surface area contributed by atoms with Gasteiger partial charge in [-0.15, -0.1) is 0 Å². The largest absolute Gasteiger partial charge is 0.507 e. The molecule has 6 aromatic rings. The monoisotopic (exact) mass is 606 g/mol. The zero-order valence-electron chi connectivity index (χ0n) is 25.4. The number of nitrogens with zero attached hydrogens (tertiary/aromatic N) is 2. The summed E-state index contributed by atoms with van der Waals surface area (Å²) in [6, 6.07) is 31.8. The van der Waals surface area contributed by atoms with Crippen LogP contribution in [0.4, 0.5) is 0 Å². The molecule has 6 heteroatoms. The van der Waals surface area contributed by atoms with Gasteiger partial charge in [0, 0.05) is 61.6 Å². The van der Waals surface area contributed by atoms with Crippen LogP contribution in [-0.4, -0.2) is 20.2 Å². The van der Waals surface area contributed by atoms with Crippen molar-refractivity contribution in [1.29, 1.82) is 0 Å². The van der Waals surface area contributed by atoms with Crippen molar-refractivity contribution in [2.45, 2.75) is 38.9 Å². The predicted molar refractivity (Wildman–Crippen MR) is 177 cm³/mol. The summed E-state index contributed by atoms with van der Waals surface area (Å²) in [6.07, 6.45) is 9.01. The number of para-hydroxylation sites is 4. The zero-order valence-corrected chi connectivity index (χ0v) is 25.4. The maximum Gasteiger partial charge on any atom is 0.126 e. The molecule has 0 amide bonds. The van der Waals surface area contributed by atoms with Crippen LogP contribution in [0.2, 0.25) is 0 Å². The van der Waals surface area contributed by atoms with Gasteiger partial charge >= 0.3 is 0 Å². The third kappa shape index (κ3) is 6.28. The number of phenols is 2. The van der Waals surface area contributed by atoms with Gasteiger partial charge in [0.15, 0.2) is 0 Å². The number of hydrogen-bond acceptors (Lipinski definition) is 6. The van der Waals surface area contributed by atoms with Crippen LogP contribution >= 0.6 is 0 Å². The second-order valence-electron chi connectivity index (χ2n) is 11.7. The molecule has 2 aromatic heterocycles. The normalized spacial score (nSPS) is 12.3. The Morgan fingerprint density at radius 2 is 0.761 bits per heavy atom. The molecule has 0 saturated carbocycles. The Hall–Kier alpha value is -5.62. The number of phenolic OH excluding ortho intramolecular Hbond substituents is 2. The fourth-order valence-corrected chi connectivity index (χ4v) is 6.16. The highest BCUT2D eigenvalue weighted by atomic mass is 16.5. The Kier molecular flexibility index (Phi) is 8.33. The summed E-state index contributed by atoms with van der Waals surface area (Å²) in [7, 11) is 0. The van der Waals surface area contributed by atoms with Crippen LogP contribution in [0.3, 0.4) is 0 Å². The number of fused-ring (bicyclic) bond motifs is 8. The minimum atomic E-state index is 0.268. The van der Waals surface area contributed by atoms with Crippen LogP contribution in [0.25, 0.3) is 0 Å². The van der Waals surface area contributed by atoms with Crippen molar-refractivity contribution in [2.24, 2.45) is 0 Å². The van der Waals surface area contributed by atoms with Gasteiger partial charge in [0.25, 0.3) is 0 Å². The molecule has 4 aromatic carbocycles. The molecule has 6 nitrogen and oxygen atoms in total. The Bertz CT molecular complexity index is 1750. The second-order valence-corrected chi connectivity index (χ2v) is 11.7. The summed E-state index contributed by atoms with van der Waals surface area (Å²) in [5, 5.41) is 23.3. The van der Waals surface area contributed by atoms with Crippen molar-refractivity contribution in [3.05, 3.63) is 177 Å². The summed E-state index contributed by atoms with van der Waals surface area (Å²) in [5.41, 5.74) is 9.00. The van der Waals surface area contributed by atoms with Crippen molar-refractivity contribution in [3.63, 3.8) is 0 Å². The van der Waals surface area contributed by atoms with Gasteiger partial charge in [-0.05, 0) is 56.6 Å². The van der Waals surface area contributed by atoms with Crippen LogP contribution in [0.5, 0.6) is 23.0 Å². The van der Waals surface area contributed by atoms with E-state index in [9.17, 15) is 10.2 Å². The Balaban J connectivity index is 1.34. The molecule has 8 bridgehead atoms. The summed E-state index contributed by atoms with van der Waals surface area (Å²) in [6.45, 7) is 0.707. The molecular weight excluding hydrogens is 572 g/mol. The molecule has 2 heterocycles. The predicted octanol–water partition coefficient (Wildman–Crippen LogP) is 7.72. The highest BCUT2D eigenvalue weighted by Gasteiger charge is 2.20. The minimum absolute atomic E-state index is 0.268. The lowest BCUT2D eigenvalue weighted by molar-refractivity contribution is 0.299. The van der Waals surface area contributed by atoms with Crippen LogP contribution in [0.15, 0.2) is 122 Å². The summed E-state index contributed by atoms with van der Waals surface area (Å²) in [4.78, 5) is 8.48. The van der Waals surface area contributed by atoms with E-state index in [1.54, 1.807) is 24.8 Å². The van der Waals surface area contributed by atoms with Gasteiger partial charge in [-0.1, -0.05) is 84.9 Å². The van der Waals surface area contributed by atoms with E-state index in [0.717, 1.165) is 67.1 Å². The number of hydrogen-bond donors (Lipinski definition) is 2. The van der Waals surface area contributed by atoms with E-state index in [-0.39, 0.29) is 11.5 Å². The van der Waals surface area contributed by atoms with Gasteiger partial charge in [-0.3, -0.25) is 9.97 Å². The van der Waals surface area contributed by atoms with Crippen LogP contribution in [0, 0.1) is 0 Å². The van der Waals surface area contributed by atoms with Crippen molar-refractivity contribution in [3.8, 4) is 23.0 Å². The molecule has 0 aliphatic heterocycles. The maximum absolute atomic E-state index is 11.6. The maximum atomic E-state index is 11.6. The van der Waals surface area contributed by atoms with Gasteiger partial charge in [0.05, 0.1) is 0 Å². The summed E-state index contributed by atoms with van der Waals surface area (Å²) >= 11 is 0. The van der Waals surface area contributed by atoms with E-state index in [1.807, 2.05) is 97.1 Å². The molecule has 46 heavy (non-hydrogen) atoms. The molecule has 0 atom stereocenters. The molecule has 2 N–H and O–H groups in total. The van der Waals surface area contributed by atoms with Gasteiger partial charge in [-0.2, -0.15) is 0 Å². The third-order valence-corrected chi connectivity index (χ3v) is 8.50. The summed E-state index contributed by atoms with van der Waals surface area (Å²) < 4.78 is 13.0. The highest BCUT2D eigenvalue weighted by molar-refractivity contribution is 5.55. The number of aromatic hydroxyl groups is 2.